The van der Waals surface area contributed by atoms with Gasteiger partial charge in [-0.1, -0.05) is 0 Å². The van der Waals surface area contributed by atoms with Crippen LogP contribution in [0.25, 0.3) is 0 Å². The molecular weight excluding hydrogens is 106 g/mol. The van der Waals surface area contributed by atoms with E-state index in [1.54, 1.807) is 13.8 Å². The Morgan fingerprint density at radius 2 is 2.12 bits per heavy atom. The van der Waals surface area contributed by atoms with Crippen molar-refractivity contribution in [3.8, 4) is 0 Å². The predicted molar refractivity (Wildman–Crippen MR) is 29.7 cm³/mol. The van der Waals surface area contributed by atoms with E-state index in [1.165, 1.54) is 7.05 Å². The molecule has 0 heterocycles. The van der Waals surface area contributed by atoms with Crippen molar-refractivity contribution in [3.63, 3.8) is 0 Å². The van der Waals surface area contributed by atoms with Crippen LogP contribution in [0.5, 0.6) is 0 Å². The maximum Gasteiger partial charge on any atom is 0.428 e. The molecule has 0 atom stereocenters. The summed E-state index contributed by atoms with van der Waals surface area (Å²) in [5.74, 6) is 0. The average Bonchev–Trinajstić information content (AvgIpc) is 1.65. The van der Waals surface area contributed by atoms with Crippen LogP contribution in [-0.4, -0.2) is 19.2 Å². The highest BCUT2D eigenvalue weighted by Gasteiger charge is 2.00. The molecular formula is C5H10NO2. The predicted octanol–water partition coefficient (Wildman–Crippen LogP) is 0.766. The lowest BCUT2D eigenvalue weighted by molar-refractivity contribution is 0.117. The van der Waals surface area contributed by atoms with E-state index in [-0.39, 0.29) is 6.10 Å². The van der Waals surface area contributed by atoms with Crippen molar-refractivity contribution in [1.82, 2.24) is 5.32 Å². The first kappa shape index (κ1) is 7.27. The van der Waals surface area contributed by atoms with Gasteiger partial charge in [-0.3, -0.25) is 0 Å². The van der Waals surface area contributed by atoms with Crippen LogP contribution >= 0.6 is 0 Å². The van der Waals surface area contributed by atoms with E-state index in [2.05, 4.69) is 10.1 Å². The maximum atomic E-state index is 10.2. The molecule has 47 valence electrons. The molecule has 8 heavy (non-hydrogen) atoms. The van der Waals surface area contributed by atoms with Gasteiger partial charge in [0.15, 0.2) is 0 Å². The van der Waals surface area contributed by atoms with Gasteiger partial charge in [-0.15, -0.1) is 0 Å². The van der Waals surface area contributed by atoms with Gasteiger partial charge >= 0.3 is 6.09 Å². The molecule has 0 aliphatic rings. The Balaban J connectivity index is 3.25. The number of ether oxygens (including phenoxy) is 1. The van der Waals surface area contributed by atoms with Crippen molar-refractivity contribution < 1.29 is 9.53 Å². The second kappa shape index (κ2) is 3.29. The molecule has 0 aromatic carbocycles. The van der Waals surface area contributed by atoms with Gasteiger partial charge in [0.05, 0.1) is 6.10 Å². The fourth-order valence-electron chi connectivity index (χ4n) is 0.254. The summed E-state index contributed by atoms with van der Waals surface area (Å²) < 4.78 is 4.59. The molecule has 0 saturated heterocycles. The van der Waals surface area contributed by atoms with E-state index < -0.39 is 6.09 Å². The SMILES string of the molecule is C[N]C(=O)OC(C)C. The van der Waals surface area contributed by atoms with E-state index in [0.29, 0.717) is 0 Å². The van der Waals surface area contributed by atoms with Crippen LogP contribution in [0.15, 0.2) is 0 Å². The van der Waals surface area contributed by atoms with Crippen molar-refractivity contribution in [3.05, 3.63) is 0 Å². The van der Waals surface area contributed by atoms with Crippen LogP contribution in [0, 0.1) is 0 Å². The second-order valence-electron chi connectivity index (χ2n) is 1.66. The minimum absolute atomic E-state index is 0.0637. The van der Waals surface area contributed by atoms with Gasteiger partial charge in [0.1, 0.15) is 0 Å². The Morgan fingerprint density at radius 1 is 1.62 bits per heavy atom. The zero-order valence-electron chi connectivity index (χ0n) is 5.34. The van der Waals surface area contributed by atoms with Crippen LogP contribution in [0.1, 0.15) is 13.8 Å². The number of hydrogen-bond donors (Lipinski definition) is 0. The minimum atomic E-state index is -0.500. The topological polar surface area (TPSA) is 40.4 Å². The van der Waals surface area contributed by atoms with Gasteiger partial charge in [-0.2, -0.15) is 0 Å². The molecule has 0 fully saturated rings. The second-order valence-corrected chi connectivity index (χ2v) is 1.66. The summed E-state index contributed by atoms with van der Waals surface area (Å²) in [6, 6.07) is 0. The van der Waals surface area contributed by atoms with Crippen molar-refractivity contribution in [2.24, 2.45) is 0 Å². The Bertz CT molecular complexity index is 80.5. The first-order valence-corrected chi connectivity index (χ1v) is 2.47. The van der Waals surface area contributed by atoms with Crippen molar-refractivity contribution >= 4 is 6.09 Å². The van der Waals surface area contributed by atoms with E-state index in [0.717, 1.165) is 0 Å². The number of carbonyl (C=O) groups excluding carboxylic acids is 1. The highest BCUT2D eigenvalue weighted by Crippen LogP contribution is 1.86. The van der Waals surface area contributed by atoms with Crippen LogP contribution in [0.4, 0.5) is 4.79 Å². The standard InChI is InChI=1S/C5H10NO2/c1-4(2)8-5(7)6-3/h4H,1-3H3. The van der Waals surface area contributed by atoms with Gasteiger partial charge in [-0.05, 0) is 13.8 Å². The summed E-state index contributed by atoms with van der Waals surface area (Å²) in [5.41, 5.74) is 0. The lowest BCUT2D eigenvalue weighted by Gasteiger charge is -2.03. The van der Waals surface area contributed by atoms with E-state index in [9.17, 15) is 4.79 Å². The van der Waals surface area contributed by atoms with Crippen LogP contribution in [0.3, 0.4) is 0 Å². The third kappa shape index (κ3) is 3.46. The molecule has 0 saturated carbocycles. The third-order valence-electron chi connectivity index (χ3n) is 0.519. The summed E-state index contributed by atoms with van der Waals surface area (Å²) in [6.45, 7) is 3.56. The fourth-order valence-corrected chi connectivity index (χ4v) is 0.254. The highest BCUT2D eigenvalue weighted by molar-refractivity contribution is 5.66. The summed E-state index contributed by atoms with van der Waals surface area (Å²) in [5, 5.41) is 3.27. The van der Waals surface area contributed by atoms with Gasteiger partial charge < -0.3 is 4.74 Å². The number of rotatable bonds is 1. The smallest absolute Gasteiger partial charge is 0.428 e. The zero-order chi connectivity index (χ0) is 6.57. The third-order valence-corrected chi connectivity index (χ3v) is 0.519. The summed E-state index contributed by atoms with van der Waals surface area (Å²) in [6.07, 6.45) is -0.564. The Kier molecular flexibility index (Phi) is 2.99. The van der Waals surface area contributed by atoms with Crippen molar-refractivity contribution in [2.45, 2.75) is 20.0 Å². The molecule has 0 unspecified atom stereocenters. The molecule has 3 heteroatoms. The fraction of sp³-hybridized carbons (Fsp3) is 0.800. The number of hydrogen-bond acceptors (Lipinski definition) is 2. The lowest BCUT2D eigenvalue weighted by atomic mass is 10.5. The monoisotopic (exact) mass is 116 g/mol. The number of nitrogens with zero attached hydrogens (tertiary/aromatic N) is 1. The van der Waals surface area contributed by atoms with Crippen molar-refractivity contribution in [1.29, 1.82) is 0 Å². The maximum absolute atomic E-state index is 10.2. The minimum Gasteiger partial charge on any atom is -0.445 e. The van der Waals surface area contributed by atoms with Crippen LogP contribution < -0.4 is 5.32 Å². The lowest BCUT2D eigenvalue weighted by Crippen LogP contribution is -2.16. The van der Waals surface area contributed by atoms with Crippen LogP contribution in [0.2, 0.25) is 0 Å². The Hall–Kier alpha value is -0.730. The van der Waals surface area contributed by atoms with E-state index in [4.69, 9.17) is 0 Å². The van der Waals surface area contributed by atoms with E-state index in [1.807, 2.05) is 0 Å². The molecule has 0 spiro atoms. The molecule has 0 aromatic heterocycles. The van der Waals surface area contributed by atoms with Gasteiger partial charge in [-0.25, -0.2) is 10.1 Å². The molecule has 1 amide bonds. The molecule has 0 aliphatic carbocycles. The molecule has 0 rings (SSSR count). The normalized spacial score (nSPS) is 9.00. The molecule has 0 N–H and O–H groups in total. The highest BCUT2D eigenvalue weighted by atomic mass is 16.6. The molecule has 0 bridgehead atoms. The summed E-state index contributed by atoms with van der Waals surface area (Å²) in [7, 11) is 1.41. The van der Waals surface area contributed by atoms with Crippen LogP contribution in [-0.2, 0) is 4.74 Å². The Labute approximate surface area is 49.0 Å². The van der Waals surface area contributed by atoms with E-state index >= 15 is 0 Å². The molecule has 0 aliphatic heterocycles. The Morgan fingerprint density at radius 3 is 2.25 bits per heavy atom. The average molecular weight is 116 g/mol. The first-order valence-electron chi connectivity index (χ1n) is 2.47. The number of amides is 1. The van der Waals surface area contributed by atoms with Gasteiger partial charge in [0.2, 0.25) is 0 Å². The zero-order valence-corrected chi connectivity index (χ0v) is 5.34. The summed E-state index contributed by atoms with van der Waals surface area (Å²) in [4.78, 5) is 10.2. The largest absolute Gasteiger partial charge is 0.445 e. The van der Waals surface area contributed by atoms with Crippen molar-refractivity contribution in [2.75, 3.05) is 7.05 Å². The molecule has 0 aromatic rings. The quantitative estimate of drug-likeness (QED) is 0.507. The molecule has 1 radical (unpaired) electrons. The number of carbonyl (C=O) groups is 1. The van der Waals surface area contributed by atoms with Gasteiger partial charge in [0.25, 0.3) is 0 Å². The van der Waals surface area contributed by atoms with Gasteiger partial charge in [0, 0.05) is 7.05 Å². The first-order chi connectivity index (χ1) is 3.66. The summed E-state index contributed by atoms with van der Waals surface area (Å²) >= 11 is 0. The molecule has 3 nitrogen and oxygen atoms in total.